The van der Waals surface area contributed by atoms with E-state index in [1.54, 1.807) is 7.11 Å². The lowest BCUT2D eigenvalue weighted by atomic mass is 10.1. The average molecular weight is 410 g/mol. The molecule has 146 valence electrons. The number of benzene rings is 2. The molecule has 1 aliphatic heterocycles. The first-order chi connectivity index (χ1) is 14.2. The molecule has 1 aliphatic rings. The summed E-state index contributed by atoms with van der Waals surface area (Å²) < 4.78 is 18.7. The van der Waals surface area contributed by atoms with Crippen molar-refractivity contribution < 1.29 is 14.0 Å². The monoisotopic (exact) mass is 409 g/mol. The summed E-state index contributed by atoms with van der Waals surface area (Å²) in [4.78, 5) is 4.48. The maximum atomic E-state index is 6.03. The highest BCUT2D eigenvalue weighted by Crippen LogP contribution is 2.32. The zero-order valence-corrected chi connectivity index (χ0v) is 16.2. The van der Waals surface area contributed by atoms with Gasteiger partial charge in [0.25, 0.3) is 5.89 Å². The summed E-state index contributed by atoms with van der Waals surface area (Å²) in [6.45, 7) is 0.874. The number of para-hydroxylation sites is 1. The summed E-state index contributed by atoms with van der Waals surface area (Å²) in [5.41, 5.74) is 3.09. The first kappa shape index (κ1) is 17.8. The van der Waals surface area contributed by atoms with Crippen molar-refractivity contribution in [2.24, 2.45) is 0 Å². The Hall–Kier alpha value is -3.23. The summed E-state index contributed by atoms with van der Waals surface area (Å²) in [5, 5.41) is 13.3. The van der Waals surface area contributed by atoms with Crippen molar-refractivity contribution in [2.45, 2.75) is 19.3 Å². The second-order valence-electron chi connectivity index (χ2n) is 6.54. The van der Waals surface area contributed by atoms with Crippen molar-refractivity contribution in [3.8, 4) is 28.7 Å². The quantitative estimate of drug-likeness (QED) is 0.504. The fraction of sp³-hybridized carbons (Fsp3) is 0.200. The Bertz CT molecular complexity index is 1160. The highest BCUT2D eigenvalue weighted by molar-refractivity contribution is 6.30. The van der Waals surface area contributed by atoms with Crippen LogP contribution in [0.5, 0.6) is 5.75 Å². The van der Waals surface area contributed by atoms with Crippen molar-refractivity contribution in [1.29, 1.82) is 0 Å². The van der Waals surface area contributed by atoms with Crippen molar-refractivity contribution in [3.63, 3.8) is 0 Å². The number of rotatable bonds is 4. The molecule has 0 N–H and O–H groups in total. The molecule has 0 radical (unpaired) electrons. The molecule has 3 heterocycles. The third-order valence-electron chi connectivity index (χ3n) is 4.82. The molecule has 0 fully saturated rings. The fourth-order valence-corrected chi connectivity index (χ4v) is 3.44. The van der Waals surface area contributed by atoms with Gasteiger partial charge in [0.15, 0.2) is 5.69 Å². The van der Waals surface area contributed by atoms with Gasteiger partial charge in [-0.05, 0) is 29.8 Å². The minimum atomic E-state index is -0.124. The number of hydrogen-bond donors (Lipinski definition) is 0. The van der Waals surface area contributed by atoms with E-state index in [1.807, 2.05) is 53.2 Å². The molecule has 0 spiro atoms. The molecule has 0 aliphatic carbocycles. The van der Waals surface area contributed by atoms with Gasteiger partial charge in [-0.2, -0.15) is 4.98 Å². The van der Waals surface area contributed by atoms with E-state index in [-0.39, 0.29) is 6.10 Å². The van der Waals surface area contributed by atoms with Crippen LogP contribution in [-0.4, -0.2) is 32.2 Å². The topological polar surface area (TPSA) is 88.1 Å². The summed E-state index contributed by atoms with van der Waals surface area (Å²) in [6.07, 6.45) is -0.124. The van der Waals surface area contributed by atoms with Crippen LogP contribution < -0.4 is 4.74 Å². The number of aromatic nitrogens is 5. The molecule has 0 unspecified atom stereocenters. The number of halogens is 1. The van der Waals surface area contributed by atoms with E-state index in [9.17, 15) is 0 Å². The van der Waals surface area contributed by atoms with Crippen LogP contribution >= 0.6 is 11.6 Å². The minimum Gasteiger partial charge on any atom is -0.496 e. The van der Waals surface area contributed by atoms with Crippen molar-refractivity contribution >= 4 is 11.6 Å². The molecular formula is C20H16ClN5O3. The SMILES string of the molecule is COc1ccccc1-c1noc(-c2nnn3c2CO[C@@H](c2ccc(Cl)cc2)C3)n1. The molecule has 9 heteroatoms. The summed E-state index contributed by atoms with van der Waals surface area (Å²) in [7, 11) is 1.60. The lowest BCUT2D eigenvalue weighted by Gasteiger charge is -2.24. The predicted octanol–water partition coefficient (Wildman–Crippen LogP) is 3.93. The lowest BCUT2D eigenvalue weighted by molar-refractivity contribution is -0.00117. The largest absolute Gasteiger partial charge is 0.496 e. The minimum absolute atomic E-state index is 0.124. The van der Waals surface area contributed by atoms with Gasteiger partial charge in [0, 0.05) is 5.02 Å². The van der Waals surface area contributed by atoms with E-state index in [0.29, 0.717) is 41.3 Å². The smallest absolute Gasteiger partial charge is 0.280 e. The number of hydrogen-bond acceptors (Lipinski definition) is 7. The van der Waals surface area contributed by atoms with Gasteiger partial charge in [-0.25, -0.2) is 4.68 Å². The van der Waals surface area contributed by atoms with E-state index in [2.05, 4.69) is 20.5 Å². The average Bonchev–Trinajstić information content (AvgIpc) is 3.40. The predicted molar refractivity (Wildman–Crippen MR) is 104 cm³/mol. The highest BCUT2D eigenvalue weighted by Gasteiger charge is 2.28. The van der Waals surface area contributed by atoms with Gasteiger partial charge in [-0.15, -0.1) is 5.10 Å². The van der Waals surface area contributed by atoms with Gasteiger partial charge in [-0.1, -0.05) is 46.2 Å². The van der Waals surface area contributed by atoms with Gasteiger partial charge in [0.2, 0.25) is 5.82 Å². The van der Waals surface area contributed by atoms with Crippen molar-refractivity contribution in [2.75, 3.05) is 7.11 Å². The van der Waals surface area contributed by atoms with Gasteiger partial charge in [0.1, 0.15) is 11.9 Å². The molecule has 0 saturated heterocycles. The molecule has 0 saturated carbocycles. The third kappa shape index (κ3) is 3.26. The van der Waals surface area contributed by atoms with E-state index in [0.717, 1.165) is 16.8 Å². The molecule has 2 aromatic heterocycles. The van der Waals surface area contributed by atoms with Gasteiger partial charge < -0.3 is 14.0 Å². The normalized spacial score (nSPS) is 15.9. The van der Waals surface area contributed by atoms with E-state index < -0.39 is 0 Å². The number of ether oxygens (including phenoxy) is 2. The van der Waals surface area contributed by atoms with Crippen LogP contribution in [0.2, 0.25) is 5.02 Å². The lowest BCUT2D eigenvalue weighted by Crippen LogP contribution is -2.22. The molecule has 0 bridgehead atoms. The van der Waals surface area contributed by atoms with Crippen LogP contribution in [0.15, 0.2) is 53.1 Å². The molecule has 1 atom stereocenters. The van der Waals surface area contributed by atoms with Crippen LogP contribution in [0.25, 0.3) is 23.0 Å². The Morgan fingerprint density at radius 1 is 1.14 bits per heavy atom. The number of nitrogens with zero attached hydrogens (tertiary/aromatic N) is 5. The van der Waals surface area contributed by atoms with Gasteiger partial charge in [0.05, 0.1) is 31.5 Å². The van der Waals surface area contributed by atoms with Crippen molar-refractivity contribution in [1.82, 2.24) is 25.1 Å². The van der Waals surface area contributed by atoms with Crippen LogP contribution in [0.3, 0.4) is 0 Å². The van der Waals surface area contributed by atoms with E-state index >= 15 is 0 Å². The maximum absolute atomic E-state index is 6.03. The molecule has 5 rings (SSSR count). The fourth-order valence-electron chi connectivity index (χ4n) is 3.32. The van der Waals surface area contributed by atoms with Crippen LogP contribution in [0.1, 0.15) is 17.4 Å². The Kier molecular flexibility index (Phi) is 4.49. The Morgan fingerprint density at radius 3 is 2.79 bits per heavy atom. The maximum Gasteiger partial charge on any atom is 0.280 e. The molecule has 2 aromatic carbocycles. The molecule has 8 nitrogen and oxygen atoms in total. The molecule has 29 heavy (non-hydrogen) atoms. The van der Waals surface area contributed by atoms with Crippen molar-refractivity contribution in [3.05, 3.63) is 64.8 Å². The van der Waals surface area contributed by atoms with Gasteiger partial charge in [-0.3, -0.25) is 0 Å². The molecule has 4 aromatic rings. The number of methoxy groups -OCH3 is 1. The second kappa shape index (κ2) is 7.31. The van der Waals surface area contributed by atoms with Gasteiger partial charge >= 0.3 is 0 Å². The zero-order chi connectivity index (χ0) is 19.8. The summed E-state index contributed by atoms with van der Waals surface area (Å²) in [6, 6.07) is 15.1. The Labute approximate surface area is 171 Å². The van der Waals surface area contributed by atoms with Crippen LogP contribution in [-0.2, 0) is 17.9 Å². The van der Waals surface area contributed by atoms with Crippen LogP contribution in [0.4, 0.5) is 0 Å². The zero-order valence-electron chi connectivity index (χ0n) is 15.4. The van der Waals surface area contributed by atoms with E-state index in [1.165, 1.54) is 0 Å². The Morgan fingerprint density at radius 2 is 1.97 bits per heavy atom. The van der Waals surface area contributed by atoms with E-state index in [4.69, 9.17) is 25.6 Å². The first-order valence-corrected chi connectivity index (χ1v) is 9.37. The third-order valence-corrected chi connectivity index (χ3v) is 5.07. The molecule has 0 amide bonds. The standard InChI is InChI=1S/C20H16ClN5O3/c1-27-16-5-3-2-4-14(16)19-22-20(29-24-19)18-15-11-28-17(10-26(15)25-23-18)12-6-8-13(21)9-7-12/h2-9,17H,10-11H2,1H3/t17-/m1/s1. The first-order valence-electron chi connectivity index (χ1n) is 9.00. The second-order valence-corrected chi connectivity index (χ2v) is 6.98. The summed E-state index contributed by atoms with van der Waals surface area (Å²) >= 11 is 5.97. The highest BCUT2D eigenvalue weighted by atomic mass is 35.5. The molecular weight excluding hydrogens is 394 g/mol. The Balaban J connectivity index is 1.42. The van der Waals surface area contributed by atoms with Crippen LogP contribution in [0, 0.1) is 0 Å². The summed E-state index contributed by atoms with van der Waals surface area (Å²) in [5.74, 6) is 1.38. The number of fused-ring (bicyclic) bond motifs is 1.